The van der Waals surface area contributed by atoms with Gasteiger partial charge in [0.2, 0.25) is 0 Å². The van der Waals surface area contributed by atoms with E-state index in [-0.39, 0.29) is 66.1 Å². The number of urea groups is 3. The van der Waals surface area contributed by atoms with Gasteiger partial charge in [0.05, 0.1) is 34.9 Å². The molecule has 0 radical (unpaired) electrons. The van der Waals surface area contributed by atoms with E-state index in [9.17, 15) is 14.4 Å². The van der Waals surface area contributed by atoms with E-state index in [4.69, 9.17) is 19.5 Å². The van der Waals surface area contributed by atoms with Gasteiger partial charge in [-0.3, -0.25) is 15.0 Å². The first kappa shape index (κ1) is 47.3. The van der Waals surface area contributed by atoms with Crippen LogP contribution in [0.25, 0.3) is 38.6 Å². The highest BCUT2D eigenvalue weighted by molar-refractivity contribution is 5.93. The largest absolute Gasteiger partial charge is 0.381 e. The van der Waals surface area contributed by atoms with Crippen LogP contribution in [0.4, 0.5) is 41.5 Å². The second-order valence-electron chi connectivity index (χ2n) is 21.3. The highest BCUT2D eigenvalue weighted by Crippen LogP contribution is 2.43. The Kier molecular flexibility index (Phi) is 12.5. The van der Waals surface area contributed by atoms with Crippen molar-refractivity contribution in [3.63, 3.8) is 0 Å². The summed E-state index contributed by atoms with van der Waals surface area (Å²) in [6, 6.07) is 32.4. The number of fused-ring (bicyclic) bond motifs is 6. The summed E-state index contributed by atoms with van der Waals surface area (Å²) in [6.45, 7) is 4.08. The zero-order chi connectivity index (χ0) is 50.6. The van der Waals surface area contributed by atoms with Gasteiger partial charge >= 0.3 is 29.8 Å². The van der Waals surface area contributed by atoms with Crippen LogP contribution in [0.15, 0.2) is 110 Å². The number of benzene rings is 3. The van der Waals surface area contributed by atoms with Gasteiger partial charge in [-0.25, -0.2) is 18.8 Å². The van der Waals surface area contributed by atoms with Gasteiger partial charge in [0.15, 0.2) is 0 Å². The van der Waals surface area contributed by atoms with E-state index in [2.05, 4.69) is 40.0 Å². The van der Waals surface area contributed by atoms with Gasteiger partial charge in [0.25, 0.3) is 0 Å². The number of aryl methyl sites for hydroxylation is 1. The molecule has 6 atom stereocenters. The molecular weight excluding hydrogens is 932 g/mol. The standard InChI is InChI=1S/C59H59FN10O4/c1-34-19-44-28-45(20-34)69(44)57(71)66-41-13-11-38(33-64-39-15-18-63-55(26-39)49-32-56(52(60)21-35(49)2)67-59(73)68-42-7-6-8-43(68)27-42)51(25-41)54-23-36(14-17-62-54)22-37-10-12-40(24-50(37)53-9-4-5-16-61-53)65-58(72)70-46-29-47(70)31-48(30-46)74-3/h4-5,9-18,21,23-26,32,34,42-48H,6-8,19-20,22,27-31H2,1-3H3,(H2,65,67,72,73)/p+1. The number of ether oxygens (including phenoxy) is 1. The molecule has 0 spiro atoms. The first-order valence-corrected chi connectivity index (χ1v) is 26.2. The summed E-state index contributed by atoms with van der Waals surface area (Å²) < 4.78 is 21.0. The summed E-state index contributed by atoms with van der Waals surface area (Å²) in [7, 11) is 1.74. The molecule has 3 aromatic heterocycles. The Morgan fingerprint density at radius 2 is 1.27 bits per heavy atom. The van der Waals surface area contributed by atoms with Gasteiger partial charge in [-0.05, 0) is 172 Å². The fourth-order valence-corrected chi connectivity index (χ4v) is 12.8. The summed E-state index contributed by atoms with van der Waals surface area (Å²) in [6.07, 6.45) is 15.8. The van der Waals surface area contributed by atoms with E-state index >= 15 is 4.39 Å². The minimum Gasteiger partial charge on any atom is -0.381 e. The number of methoxy groups -OCH3 is 1. The Morgan fingerprint density at radius 3 is 1.96 bits per heavy atom. The van der Waals surface area contributed by atoms with Crippen molar-refractivity contribution in [1.82, 2.24) is 29.7 Å². The number of pyridine rings is 3. The summed E-state index contributed by atoms with van der Waals surface area (Å²) in [5.74, 6) is 0.106. The summed E-state index contributed by atoms with van der Waals surface area (Å²) in [4.78, 5) is 65.6. The molecule has 3 N–H and O–H groups in total. The Bertz CT molecular complexity index is 3210. The van der Waals surface area contributed by atoms with Gasteiger partial charge in [0.1, 0.15) is 11.4 Å². The van der Waals surface area contributed by atoms with Crippen molar-refractivity contribution in [2.24, 2.45) is 5.92 Å². The number of nitrogens with zero attached hydrogens (tertiary/aromatic N) is 7. The molecular formula is C59H60FN10O4+. The van der Waals surface area contributed by atoms with Gasteiger partial charge in [-0.2, -0.15) is 0 Å². The van der Waals surface area contributed by atoms with Crippen LogP contribution in [-0.2, 0) is 11.2 Å². The van der Waals surface area contributed by atoms with Gasteiger partial charge in [-0.15, -0.1) is 0 Å². The lowest BCUT2D eigenvalue weighted by atomic mass is 9.74. The van der Waals surface area contributed by atoms with Crippen LogP contribution in [0.2, 0.25) is 0 Å². The molecule has 1 saturated carbocycles. The molecule has 3 aromatic carbocycles. The number of amides is 6. The predicted molar refractivity (Wildman–Crippen MR) is 284 cm³/mol. The number of halogens is 1. The maximum Gasteiger partial charge on any atom is 0.344 e. The van der Waals surface area contributed by atoms with E-state index in [0.29, 0.717) is 57.5 Å². The molecule has 9 heterocycles. The molecule has 6 unspecified atom stereocenters. The summed E-state index contributed by atoms with van der Waals surface area (Å²) in [5, 5.41) is 9.22. The molecule has 7 aliphatic rings. The average molecular weight is 992 g/mol. The van der Waals surface area contributed by atoms with Gasteiger partial charge in [-0.1, -0.05) is 19.1 Å². The second kappa shape index (κ2) is 19.6. The Labute approximate surface area is 430 Å². The predicted octanol–water partition coefficient (Wildman–Crippen LogP) is 12.3. The van der Waals surface area contributed by atoms with Crippen LogP contribution in [-0.4, -0.2) is 97.2 Å². The van der Waals surface area contributed by atoms with E-state index in [0.717, 1.165) is 92.2 Å². The summed E-state index contributed by atoms with van der Waals surface area (Å²) in [5.41, 5.74) is 9.66. The normalized spacial score (nSPS) is 24.0. The van der Waals surface area contributed by atoms with Crippen LogP contribution in [0.1, 0.15) is 93.4 Å². The van der Waals surface area contributed by atoms with Crippen LogP contribution in [0, 0.1) is 24.7 Å². The topological polar surface area (TPSA) is 149 Å². The first-order valence-electron chi connectivity index (χ1n) is 26.2. The number of rotatable bonds is 9. The number of hydrogen-bond acceptors (Lipinski definition) is 7. The molecule has 7 fully saturated rings. The van der Waals surface area contributed by atoms with E-state index in [1.807, 2.05) is 88.4 Å². The molecule has 6 amide bonds. The molecule has 14 nitrogen and oxygen atoms in total. The quantitative estimate of drug-likeness (QED) is 0.131. The molecule has 6 aliphatic heterocycles. The molecule has 15 heteroatoms. The van der Waals surface area contributed by atoms with Crippen LogP contribution >= 0.6 is 0 Å². The Hall–Kier alpha value is -7.70. The fourth-order valence-electron chi connectivity index (χ4n) is 12.8. The fraction of sp³-hybridized carbons (Fsp3) is 0.373. The minimum atomic E-state index is -0.502. The zero-order valence-electron chi connectivity index (χ0n) is 41.9. The molecule has 6 bridgehead atoms. The van der Waals surface area contributed by atoms with Crippen LogP contribution < -0.4 is 16.0 Å². The van der Waals surface area contributed by atoms with E-state index < -0.39 is 5.82 Å². The third-order valence-electron chi connectivity index (χ3n) is 16.5. The van der Waals surface area contributed by atoms with Crippen molar-refractivity contribution < 1.29 is 23.5 Å². The molecule has 6 aromatic rings. The molecule has 74 heavy (non-hydrogen) atoms. The van der Waals surface area contributed by atoms with Crippen molar-refractivity contribution in [3.8, 4) is 39.8 Å². The lowest BCUT2D eigenvalue weighted by molar-refractivity contribution is -0.0636. The molecule has 1 aliphatic carbocycles. The van der Waals surface area contributed by atoms with Crippen LogP contribution in [0.3, 0.4) is 0 Å². The molecule has 6 saturated heterocycles. The van der Waals surface area contributed by atoms with Crippen molar-refractivity contribution in [3.05, 3.63) is 143 Å². The lowest BCUT2D eigenvalue weighted by Gasteiger charge is -2.54. The third kappa shape index (κ3) is 9.21. The van der Waals surface area contributed by atoms with Crippen molar-refractivity contribution in [2.75, 3.05) is 23.1 Å². The van der Waals surface area contributed by atoms with Crippen molar-refractivity contribution in [2.45, 2.75) is 127 Å². The number of piperidine rings is 3. The first-order chi connectivity index (χ1) is 36.0. The molecule has 13 rings (SSSR count). The number of hydrogen-bond donors (Lipinski definition) is 3. The number of aromatic nitrogens is 3. The number of carbonyl (C=O) groups excluding carboxylic acids is 3. The minimum absolute atomic E-state index is 0.0942. The highest BCUT2D eigenvalue weighted by atomic mass is 19.1. The summed E-state index contributed by atoms with van der Waals surface area (Å²) >= 11 is 0. The number of anilines is 3. The van der Waals surface area contributed by atoms with E-state index in [1.165, 1.54) is 6.07 Å². The maximum atomic E-state index is 15.4. The third-order valence-corrected chi connectivity index (χ3v) is 16.5. The van der Waals surface area contributed by atoms with E-state index in [1.54, 1.807) is 37.8 Å². The monoisotopic (exact) mass is 991 g/mol. The lowest BCUT2D eigenvalue weighted by Crippen LogP contribution is -2.65. The van der Waals surface area contributed by atoms with Crippen molar-refractivity contribution in [1.29, 1.82) is 0 Å². The Balaban J connectivity index is 0.834. The highest BCUT2D eigenvalue weighted by Gasteiger charge is 2.49. The number of carbonyl (C=O) groups is 3. The Morgan fingerprint density at radius 1 is 0.649 bits per heavy atom. The maximum absolute atomic E-state index is 15.4. The number of nitrogens with one attached hydrogen (secondary N) is 3. The second-order valence-corrected chi connectivity index (χ2v) is 21.3. The van der Waals surface area contributed by atoms with Gasteiger partial charge in [0, 0.05) is 96.1 Å². The van der Waals surface area contributed by atoms with Gasteiger partial charge < -0.3 is 35.4 Å². The zero-order valence-corrected chi connectivity index (χ0v) is 41.9. The average Bonchev–Trinajstić information content (AvgIpc) is 3.39. The van der Waals surface area contributed by atoms with Crippen LogP contribution in [0.5, 0.6) is 0 Å². The SMILES string of the molecule is COC1CC2CC(C1)N2C(=O)Nc1ccc(Cc2ccnc(-c3cc(NC(=O)N4C5CC(C)CC4C5)ccc3C#[N+]c3ccnc(-c4cc(NC(=O)N5C6CCCC5C6)c(F)cc4C)c3)c2)c(-c2ccccn2)c1. The van der Waals surface area contributed by atoms with Crippen molar-refractivity contribution >= 4 is 40.8 Å². The molecule has 376 valence electrons. The smallest absolute Gasteiger partial charge is 0.344 e.